The van der Waals surface area contributed by atoms with Gasteiger partial charge in [0.25, 0.3) is 0 Å². The maximum absolute atomic E-state index is 5.31. The fraction of sp³-hybridized carbons (Fsp3) is 0.0400. The van der Waals surface area contributed by atoms with Gasteiger partial charge in [0.2, 0.25) is 0 Å². The lowest BCUT2D eigenvalue weighted by atomic mass is 9.96. The molecule has 7 aromatic rings. The summed E-state index contributed by atoms with van der Waals surface area (Å²) in [5.41, 5.74) is 11.4. The topological polar surface area (TPSA) is 25.2 Å². The summed E-state index contributed by atoms with van der Waals surface area (Å²) in [6.45, 7) is 10.7. The minimum atomic E-state index is 0.750. The van der Waals surface area contributed by atoms with Gasteiger partial charge in [0.05, 0.1) is 5.70 Å². The highest BCUT2D eigenvalue weighted by Gasteiger charge is 2.10. The Labute approximate surface area is 306 Å². The summed E-state index contributed by atoms with van der Waals surface area (Å²) in [6.07, 6.45) is 14.6. The third kappa shape index (κ3) is 7.88. The number of hydrogen-bond acceptors (Lipinski definition) is 2. The van der Waals surface area contributed by atoms with Crippen LogP contribution in [0.15, 0.2) is 218 Å². The third-order valence-corrected chi connectivity index (χ3v) is 9.26. The number of pyridine rings is 1. The predicted molar refractivity (Wildman–Crippen MR) is 223 cm³/mol. The van der Waals surface area contributed by atoms with Gasteiger partial charge in [0.1, 0.15) is 0 Å². The largest absolute Gasteiger partial charge is 0.264 e. The van der Waals surface area contributed by atoms with E-state index in [-0.39, 0.29) is 0 Å². The second-order valence-electron chi connectivity index (χ2n) is 12.8. The number of nitrogens with zero attached hydrogens (tertiary/aromatic N) is 2. The first-order valence-corrected chi connectivity index (χ1v) is 17.6. The Morgan fingerprint density at radius 1 is 0.673 bits per heavy atom. The van der Waals surface area contributed by atoms with Gasteiger partial charge in [-0.05, 0) is 115 Å². The predicted octanol–water partition coefficient (Wildman–Crippen LogP) is 13.0. The van der Waals surface area contributed by atoms with Crippen LogP contribution in [0.5, 0.6) is 0 Å². The Kier molecular flexibility index (Phi) is 10.4. The number of aromatic nitrogens is 1. The van der Waals surface area contributed by atoms with E-state index in [1.807, 2.05) is 24.4 Å². The van der Waals surface area contributed by atoms with E-state index in [0.29, 0.717) is 0 Å². The van der Waals surface area contributed by atoms with E-state index in [4.69, 9.17) is 4.99 Å². The molecule has 250 valence electrons. The average molecular weight is 669 g/mol. The molecule has 0 bridgehead atoms. The molecule has 1 aromatic heterocycles. The number of aliphatic imine (C=N–C) groups is 1. The van der Waals surface area contributed by atoms with E-state index in [0.717, 1.165) is 56.8 Å². The van der Waals surface area contributed by atoms with Crippen LogP contribution in [0.2, 0.25) is 0 Å². The van der Waals surface area contributed by atoms with E-state index in [1.54, 1.807) is 6.20 Å². The van der Waals surface area contributed by atoms with Crippen LogP contribution in [-0.2, 0) is 6.42 Å². The summed E-state index contributed by atoms with van der Waals surface area (Å²) in [5, 5.41) is 4.91. The monoisotopic (exact) mass is 668 g/mol. The molecule has 0 amide bonds. The maximum Gasteiger partial charge on any atom is 0.0711 e. The normalized spacial score (nSPS) is 12.4. The van der Waals surface area contributed by atoms with E-state index >= 15 is 0 Å². The van der Waals surface area contributed by atoms with Crippen molar-refractivity contribution in [1.82, 2.24) is 4.98 Å². The van der Waals surface area contributed by atoms with Crippen LogP contribution in [0, 0.1) is 0 Å². The van der Waals surface area contributed by atoms with Crippen LogP contribution >= 0.6 is 0 Å². The molecular formula is C50H40N2. The van der Waals surface area contributed by atoms with Crippen molar-refractivity contribution in [2.75, 3.05) is 0 Å². The summed E-state index contributed by atoms with van der Waals surface area (Å²) >= 11 is 0. The fourth-order valence-corrected chi connectivity index (χ4v) is 6.52. The first-order chi connectivity index (χ1) is 25.6. The zero-order chi connectivity index (χ0) is 35.7. The van der Waals surface area contributed by atoms with Gasteiger partial charge in [-0.25, -0.2) is 0 Å². The molecule has 52 heavy (non-hydrogen) atoms. The molecule has 0 fully saturated rings. The SMILES string of the molecule is C=C/C=C(\C=C/Cc1cccnc1)C(=C/C(=C)c1cccc(-c2ccc3ccccc3c2)c1)/N=C(C)c1cccc(-c2cccc3ccccc23)c1. The molecule has 0 aliphatic rings. The van der Waals surface area contributed by atoms with E-state index in [9.17, 15) is 0 Å². The minimum absolute atomic E-state index is 0.750. The Balaban J connectivity index is 1.27. The van der Waals surface area contributed by atoms with Crippen molar-refractivity contribution in [3.63, 3.8) is 0 Å². The zero-order valence-electron chi connectivity index (χ0n) is 29.4. The first kappa shape index (κ1) is 33.8. The van der Waals surface area contributed by atoms with Crippen molar-refractivity contribution in [2.45, 2.75) is 13.3 Å². The molecule has 0 atom stereocenters. The Morgan fingerprint density at radius 2 is 1.38 bits per heavy atom. The van der Waals surface area contributed by atoms with Crippen molar-refractivity contribution < 1.29 is 0 Å². The van der Waals surface area contributed by atoms with Gasteiger partial charge in [-0.15, -0.1) is 0 Å². The van der Waals surface area contributed by atoms with Crippen molar-refractivity contribution in [3.05, 3.63) is 229 Å². The summed E-state index contributed by atoms with van der Waals surface area (Å²) in [6, 6.07) is 51.3. The van der Waals surface area contributed by atoms with E-state index in [2.05, 4.69) is 183 Å². The molecule has 0 aliphatic heterocycles. The second-order valence-corrected chi connectivity index (χ2v) is 12.8. The first-order valence-electron chi connectivity index (χ1n) is 17.6. The third-order valence-electron chi connectivity index (χ3n) is 9.26. The van der Waals surface area contributed by atoms with Gasteiger partial charge in [-0.1, -0.05) is 159 Å². The lowest BCUT2D eigenvalue weighted by Gasteiger charge is -2.12. The molecule has 0 saturated carbocycles. The summed E-state index contributed by atoms with van der Waals surface area (Å²) in [7, 11) is 0. The molecule has 0 spiro atoms. The highest BCUT2D eigenvalue weighted by atomic mass is 14.8. The average Bonchev–Trinajstić information content (AvgIpc) is 3.20. The van der Waals surface area contributed by atoms with Gasteiger partial charge in [-0.2, -0.15) is 0 Å². The molecule has 0 N–H and O–H groups in total. The van der Waals surface area contributed by atoms with Crippen LogP contribution in [0.3, 0.4) is 0 Å². The number of hydrogen-bond donors (Lipinski definition) is 0. The highest BCUT2D eigenvalue weighted by molar-refractivity contribution is 6.02. The van der Waals surface area contributed by atoms with E-state index < -0.39 is 0 Å². The number of allylic oxidation sites excluding steroid dienone is 6. The van der Waals surface area contributed by atoms with Gasteiger partial charge in [0, 0.05) is 18.1 Å². The molecule has 6 aromatic carbocycles. The van der Waals surface area contributed by atoms with E-state index in [1.165, 1.54) is 32.7 Å². The lowest BCUT2D eigenvalue weighted by molar-refractivity contribution is 1.19. The standard InChI is InChI=1S/C50H40N2/c1-4-14-41(21-9-15-38-16-13-30-51-35-38)50(31-36(2)42-22-10-24-45(32-42)46-29-28-39-17-5-6-19-44(39)34-46)52-37(3)43-23-11-25-47(33-43)49-27-12-20-40-18-7-8-26-48(40)49/h4-14,16-35H,1-2,15H2,3H3/b21-9-,41-14+,50-31-,52-37?. The summed E-state index contributed by atoms with van der Waals surface area (Å²) < 4.78 is 0. The van der Waals surface area contributed by atoms with Gasteiger partial charge in [-0.3, -0.25) is 9.98 Å². The quantitative estimate of drug-likeness (QED) is 0.0995. The highest BCUT2D eigenvalue weighted by Crippen LogP contribution is 2.31. The molecule has 2 nitrogen and oxygen atoms in total. The Bertz CT molecular complexity index is 2520. The molecular weight excluding hydrogens is 629 g/mol. The Hall–Kier alpha value is -6.64. The number of fused-ring (bicyclic) bond motifs is 2. The zero-order valence-corrected chi connectivity index (χ0v) is 29.4. The Morgan fingerprint density at radius 3 is 2.21 bits per heavy atom. The molecule has 0 aliphatic carbocycles. The van der Waals surface area contributed by atoms with Crippen molar-refractivity contribution in [1.29, 1.82) is 0 Å². The minimum Gasteiger partial charge on any atom is -0.264 e. The number of rotatable bonds is 11. The van der Waals surface area contributed by atoms with Crippen molar-refractivity contribution >= 4 is 32.8 Å². The molecule has 2 heteroatoms. The summed E-state index contributed by atoms with van der Waals surface area (Å²) in [4.78, 5) is 9.59. The van der Waals surface area contributed by atoms with Crippen LogP contribution in [-0.4, -0.2) is 10.7 Å². The molecule has 0 radical (unpaired) electrons. The fourth-order valence-electron chi connectivity index (χ4n) is 6.52. The second kappa shape index (κ2) is 15.9. The smallest absolute Gasteiger partial charge is 0.0711 e. The van der Waals surface area contributed by atoms with Gasteiger partial charge >= 0.3 is 0 Å². The maximum atomic E-state index is 5.31. The number of benzene rings is 6. The summed E-state index contributed by atoms with van der Waals surface area (Å²) in [5.74, 6) is 0. The lowest BCUT2D eigenvalue weighted by Crippen LogP contribution is -1.98. The molecule has 0 unspecified atom stereocenters. The molecule has 7 rings (SSSR count). The van der Waals surface area contributed by atoms with Crippen LogP contribution in [0.4, 0.5) is 0 Å². The van der Waals surface area contributed by atoms with Crippen LogP contribution in [0.1, 0.15) is 23.6 Å². The molecule has 0 saturated heterocycles. The van der Waals surface area contributed by atoms with Crippen molar-refractivity contribution in [2.24, 2.45) is 4.99 Å². The molecule has 1 heterocycles. The van der Waals surface area contributed by atoms with Crippen LogP contribution in [0.25, 0.3) is 49.4 Å². The van der Waals surface area contributed by atoms with Gasteiger partial charge < -0.3 is 0 Å². The van der Waals surface area contributed by atoms with Crippen LogP contribution < -0.4 is 0 Å². The van der Waals surface area contributed by atoms with Crippen molar-refractivity contribution in [3.8, 4) is 22.3 Å². The van der Waals surface area contributed by atoms with Gasteiger partial charge in [0.15, 0.2) is 0 Å².